The SMILES string of the molecule is CCCOc1cncc(C(=O)C(C)(C)N2CCNCC2)c1. The second-order valence-electron chi connectivity index (χ2n) is 5.88. The Morgan fingerprint density at radius 3 is 2.76 bits per heavy atom. The fourth-order valence-electron chi connectivity index (χ4n) is 2.56. The maximum Gasteiger partial charge on any atom is 0.184 e. The summed E-state index contributed by atoms with van der Waals surface area (Å²) in [6.07, 6.45) is 4.22. The first-order chi connectivity index (χ1) is 10.1. The number of aromatic nitrogens is 1. The first-order valence-electron chi connectivity index (χ1n) is 7.64. The summed E-state index contributed by atoms with van der Waals surface area (Å²) in [6.45, 7) is 10.3. The van der Waals surface area contributed by atoms with Crippen molar-refractivity contribution in [2.45, 2.75) is 32.7 Å². The van der Waals surface area contributed by atoms with Gasteiger partial charge in [-0.1, -0.05) is 6.92 Å². The standard InChI is InChI=1S/C16H25N3O2/c1-4-9-21-14-10-13(11-18-12-14)15(20)16(2,3)19-7-5-17-6-8-19/h10-12,17H,4-9H2,1-3H3. The van der Waals surface area contributed by atoms with Crippen LogP contribution in [0, 0.1) is 0 Å². The van der Waals surface area contributed by atoms with E-state index in [0.717, 1.165) is 32.6 Å². The molecule has 2 heterocycles. The number of nitrogens with zero attached hydrogens (tertiary/aromatic N) is 2. The van der Waals surface area contributed by atoms with Gasteiger partial charge in [-0.15, -0.1) is 0 Å². The van der Waals surface area contributed by atoms with Crippen molar-refractivity contribution in [3.63, 3.8) is 0 Å². The molecule has 0 bridgehead atoms. The summed E-state index contributed by atoms with van der Waals surface area (Å²) in [5, 5.41) is 3.31. The van der Waals surface area contributed by atoms with Crippen molar-refractivity contribution in [2.75, 3.05) is 32.8 Å². The van der Waals surface area contributed by atoms with Gasteiger partial charge < -0.3 is 10.1 Å². The Bertz CT molecular complexity index is 482. The van der Waals surface area contributed by atoms with Gasteiger partial charge in [0, 0.05) is 37.9 Å². The molecule has 2 rings (SSSR count). The van der Waals surface area contributed by atoms with E-state index in [1.807, 2.05) is 13.8 Å². The molecule has 116 valence electrons. The van der Waals surface area contributed by atoms with Gasteiger partial charge in [0.05, 0.1) is 18.3 Å². The van der Waals surface area contributed by atoms with E-state index in [9.17, 15) is 4.79 Å². The molecule has 21 heavy (non-hydrogen) atoms. The molecule has 5 nitrogen and oxygen atoms in total. The molecule has 1 N–H and O–H groups in total. The highest BCUT2D eigenvalue weighted by atomic mass is 16.5. The molecule has 0 radical (unpaired) electrons. The van der Waals surface area contributed by atoms with Gasteiger partial charge in [-0.3, -0.25) is 14.7 Å². The van der Waals surface area contributed by atoms with E-state index in [1.165, 1.54) is 0 Å². The Morgan fingerprint density at radius 2 is 2.10 bits per heavy atom. The summed E-state index contributed by atoms with van der Waals surface area (Å²) < 4.78 is 5.57. The van der Waals surface area contributed by atoms with Crippen molar-refractivity contribution < 1.29 is 9.53 Å². The normalized spacial score (nSPS) is 16.7. The van der Waals surface area contributed by atoms with Gasteiger partial charge in [-0.2, -0.15) is 0 Å². The van der Waals surface area contributed by atoms with Crippen molar-refractivity contribution in [3.8, 4) is 5.75 Å². The summed E-state index contributed by atoms with van der Waals surface area (Å²) in [5.41, 5.74) is 0.0970. The number of carbonyl (C=O) groups excluding carboxylic acids is 1. The fraction of sp³-hybridized carbons (Fsp3) is 0.625. The lowest BCUT2D eigenvalue weighted by atomic mass is 9.91. The minimum absolute atomic E-state index is 0.0962. The van der Waals surface area contributed by atoms with Crippen molar-refractivity contribution in [1.82, 2.24) is 15.2 Å². The Morgan fingerprint density at radius 1 is 1.38 bits per heavy atom. The third-order valence-corrected chi connectivity index (χ3v) is 3.91. The number of ketones is 1. The Hall–Kier alpha value is -1.46. The molecule has 1 aromatic heterocycles. The lowest BCUT2D eigenvalue weighted by Crippen LogP contribution is -2.57. The number of rotatable bonds is 6. The van der Waals surface area contributed by atoms with Gasteiger partial charge in [-0.25, -0.2) is 0 Å². The van der Waals surface area contributed by atoms with Crippen molar-refractivity contribution >= 4 is 5.78 Å². The summed E-state index contributed by atoms with van der Waals surface area (Å²) in [6, 6.07) is 1.80. The Balaban J connectivity index is 2.14. The average Bonchev–Trinajstić information content (AvgIpc) is 2.53. The zero-order valence-electron chi connectivity index (χ0n) is 13.2. The van der Waals surface area contributed by atoms with Gasteiger partial charge in [0.1, 0.15) is 5.75 Å². The van der Waals surface area contributed by atoms with E-state index in [0.29, 0.717) is 17.9 Å². The van der Waals surface area contributed by atoms with E-state index in [4.69, 9.17) is 4.74 Å². The van der Waals surface area contributed by atoms with Crippen LogP contribution in [0.25, 0.3) is 0 Å². The Kier molecular flexibility index (Phi) is 5.31. The molecule has 0 unspecified atom stereocenters. The number of piperazine rings is 1. The lowest BCUT2D eigenvalue weighted by Gasteiger charge is -2.39. The highest BCUT2D eigenvalue weighted by Crippen LogP contribution is 2.22. The smallest absolute Gasteiger partial charge is 0.184 e. The minimum Gasteiger partial charge on any atom is -0.492 e. The molecule has 0 saturated carbocycles. The van der Waals surface area contributed by atoms with Crippen LogP contribution >= 0.6 is 0 Å². The van der Waals surface area contributed by atoms with Crippen LogP contribution in [-0.4, -0.2) is 54.0 Å². The number of carbonyl (C=O) groups is 1. The molecule has 1 saturated heterocycles. The van der Waals surface area contributed by atoms with Crippen molar-refractivity contribution in [2.24, 2.45) is 0 Å². The third-order valence-electron chi connectivity index (χ3n) is 3.91. The molecule has 0 aromatic carbocycles. The maximum atomic E-state index is 12.8. The second-order valence-corrected chi connectivity index (χ2v) is 5.88. The number of nitrogens with one attached hydrogen (secondary N) is 1. The van der Waals surface area contributed by atoms with Crippen LogP contribution < -0.4 is 10.1 Å². The highest BCUT2D eigenvalue weighted by molar-refractivity contribution is 6.02. The maximum absolute atomic E-state index is 12.8. The molecule has 0 atom stereocenters. The first-order valence-corrected chi connectivity index (χ1v) is 7.64. The van der Waals surface area contributed by atoms with Crippen LogP contribution in [0.2, 0.25) is 0 Å². The van der Waals surface area contributed by atoms with Crippen LogP contribution in [0.3, 0.4) is 0 Å². The topological polar surface area (TPSA) is 54.5 Å². The van der Waals surface area contributed by atoms with Gasteiger partial charge in [0.25, 0.3) is 0 Å². The van der Waals surface area contributed by atoms with E-state index in [1.54, 1.807) is 18.5 Å². The van der Waals surface area contributed by atoms with Crippen LogP contribution in [-0.2, 0) is 0 Å². The van der Waals surface area contributed by atoms with Gasteiger partial charge in [-0.05, 0) is 26.3 Å². The molecule has 0 amide bonds. The molecule has 1 aliphatic heterocycles. The average molecular weight is 291 g/mol. The molecule has 1 aliphatic rings. The second kappa shape index (κ2) is 7.00. The molecule has 1 fully saturated rings. The largest absolute Gasteiger partial charge is 0.492 e. The van der Waals surface area contributed by atoms with Crippen LogP contribution in [0.15, 0.2) is 18.5 Å². The monoisotopic (exact) mass is 291 g/mol. The molecule has 1 aromatic rings. The van der Waals surface area contributed by atoms with Crippen LogP contribution in [0.1, 0.15) is 37.6 Å². The summed E-state index contributed by atoms with van der Waals surface area (Å²) in [7, 11) is 0. The third kappa shape index (κ3) is 3.80. The predicted molar refractivity (Wildman–Crippen MR) is 82.9 cm³/mol. The van der Waals surface area contributed by atoms with Crippen LogP contribution in [0.5, 0.6) is 5.75 Å². The molecule has 0 spiro atoms. The van der Waals surface area contributed by atoms with E-state index in [2.05, 4.69) is 22.1 Å². The zero-order chi connectivity index (χ0) is 15.3. The van der Waals surface area contributed by atoms with Crippen molar-refractivity contribution in [3.05, 3.63) is 24.0 Å². The Labute approximate surface area is 126 Å². The predicted octanol–water partition coefficient (Wildman–Crippen LogP) is 1.74. The quantitative estimate of drug-likeness (QED) is 0.809. The summed E-state index contributed by atoms with van der Waals surface area (Å²) in [5.74, 6) is 0.762. The lowest BCUT2D eigenvalue weighted by molar-refractivity contribution is 0.0601. The number of pyridine rings is 1. The number of Topliss-reactive ketones (excluding diaryl/α,β-unsaturated/α-hetero) is 1. The van der Waals surface area contributed by atoms with Gasteiger partial charge >= 0.3 is 0 Å². The number of hydrogen-bond acceptors (Lipinski definition) is 5. The molecule has 0 aliphatic carbocycles. The fourth-order valence-corrected chi connectivity index (χ4v) is 2.56. The van der Waals surface area contributed by atoms with E-state index >= 15 is 0 Å². The highest BCUT2D eigenvalue weighted by Gasteiger charge is 2.35. The van der Waals surface area contributed by atoms with Gasteiger partial charge in [0.2, 0.25) is 0 Å². The van der Waals surface area contributed by atoms with Gasteiger partial charge in [0.15, 0.2) is 5.78 Å². The van der Waals surface area contributed by atoms with E-state index in [-0.39, 0.29) is 5.78 Å². The molecular formula is C16H25N3O2. The number of ether oxygens (including phenoxy) is 1. The first kappa shape index (κ1) is 15.9. The minimum atomic E-state index is -0.521. The molecule has 5 heteroatoms. The van der Waals surface area contributed by atoms with Crippen molar-refractivity contribution in [1.29, 1.82) is 0 Å². The molecular weight excluding hydrogens is 266 g/mol. The number of hydrogen-bond donors (Lipinski definition) is 1. The summed E-state index contributed by atoms with van der Waals surface area (Å²) in [4.78, 5) is 19.2. The summed E-state index contributed by atoms with van der Waals surface area (Å²) >= 11 is 0. The van der Waals surface area contributed by atoms with E-state index < -0.39 is 5.54 Å². The van der Waals surface area contributed by atoms with Crippen LogP contribution in [0.4, 0.5) is 0 Å². The zero-order valence-corrected chi connectivity index (χ0v) is 13.2.